The molecule has 0 unspecified atom stereocenters. The van der Waals surface area contributed by atoms with Gasteiger partial charge in [-0.3, -0.25) is 0 Å². The summed E-state index contributed by atoms with van der Waals surface area (Å²) in [5.74, 6) is 1.05. The minimum Gasteiger partial charge on any atom is -0.376 e. The Morgan fingerprint density at radius 3 is 3.18 bits per heavy atom. The second kappa shape index (κ2) is 4.41. The van der Waals surface area contributed by atoms with Gasteiger partial charge in [0.25, 0.3) is 0 Å². The van der Waals surface area contributed by atoms with E-state index in [1.807, 2.05) is 0 Å². The van der Waals surface area contributed by atoms with E-state index in [1.54, 1.807) is 28.7 Å². The lowest BCUT2D eigenvalue weighted by atomic mass is 10.6. The minimum atomic E-state index is 0.0199. The third kappa shape index (κ3) is 2.24. The zero-order valence-corrected chi connectivity index (χ0v) is 7.34. The first-order valence-electron chi connectivity index (χ1n) is 3.63. The number of aromatic nitrogens is 2. The molecule has 0 aromatic carbocycles. The van der Waals surface area contributed by atoms with Crippen LogP contribution >= 0.6 is 11.8 Å². The number of hydrogen-bond donors (Lipinski definition) is 1. The average Bonchev–Trinajstić information content (AvgIpc) is 2.47. The van der Waals surface area contributed by atoms with Crippen LogP contribution in [-0.4, -0.2) is 20.4 Å². The monoisotopic (exact) mass is 172 g/mol. The van der Waals surface area contributed by atoms with E-state index in [1.165, 1.54) is 0 Å². The summed E-state index contributed by atoms with van der Waals surface area (Å²) in [5, 5.41) is 9.71. The number of hydrogen-bond acceptors (Lipinski definition) is 3. The van der Waals surface area contributed by atoms with Crippen LogP contribution in [0.3, 0.4) is 0 Å². The second-order valence-corrected chi connectivity index (χ2v) is 3.23. The largest absolute Gasteiger partial charge is 0.376 e. The lowest BCUT2D eigenvalue weighted by molar-refractivity contribution is 0.200. The molecule has 0 amide bonds. The summed E-state index contributed by atoms with van der Waals surface area (Å²) in [6.45, 7) is 2.14. The summed E-state index contributed by atoms with van der Waals surface area (Å²) in [6, 6.07) is 0. The van der Waals surface area contributed by atoms with Crippen molar-refractivity contribution in [2.75, 3.05) is 5.75 Å². The zero-order chi connectivity index (χ0) is 8.10. The van der Waals surface area contributed by atoms with Gasteiger partial charge in [0.15, 0.2) is 5.16 Å². The van der Waals surface area contributed by atoms with Crippen LogP contribution in [0.4, 0.5) is 0 Å². The molecular formula is C7H12N2OS. The molecule has 0 aliphatic heterocycles. The van der Waals surface area contributed by atoms with E-state index < -0.39 is 0 Å². The van der Waals surface area contributed by atoms with Gasteiger partial charge in [-0.25, -0.2) is 4.98 Å². The van der Waals surface area contributed by atoms with Gasteiger partial charge in [0.2, 0.25) is 0 Å². The third-order valence-corrected chi connectivity index (χ3v) is 2.48. The quantitative estimate of drug-likeness (QED) is 0.696. The summed E-state index contributed by atoms with van der Waals surface area (Å²) in [6.07, 6.45) is 4.61. The molecule has 1 N–H and O–H groups in total. The fourth-order valence-electron chi connectivity index (χ4n) is 0.737. The highest BCUT2D eigenvalue weighted by Crippen LogP contribution is 2.15. The maximum atomic E-state index is 8.82. The molecule has 62 valence electrons. The van der Waals surface area contributed by atoms with Gasteiger partial charge in [-0.2, -0.15) is 0 Å². The Labute approximate surface area is 70.4 Å². The van der Waals surface area contributed by atoms with Gasteiger partial charge in [0.1, 0.15) is 6.73 Å². The van der Waals surface area contributed by atoms with Crippen molar-refractivity contribution in [2.45, 2.75) is 25.2 Å². The molecule has 1 aromatic rings. The Morgan fingerprint density at radius 2 is 2.55 bits per heavy atom. The van der Waals surface area contributed by atoms with Gasteiger partial charge < -0.3 is 9.67 Å². The SMILES string of the molecule is CCCSc1nccn1CO. The molecule has 0 saturated heterocycles. The molecule has 0 aliphatic carbocycles. The van der Waals surface area contributed by atoms with Crippen molar-refractivity contribution >= 4 is 11.8 Å². The smallest absolute Gasteiger partial charge is 0.169 e. The molecule has 0 saturated carbocycles. The van der Waals surface area contributed by atoms with Gasteiger partial charge in [0, 0.05) is 18.1 Å². The molecule has 1 rings (SSSR count). The maximum Gasteiger partial charge on any atom is 0.169 e. The van der Waals surface area contributed by atoms with Crippen LogP contribution in [0.25, 0.3) is 0 Å². The van der Waals surface area contributed by atoms with Crippen molar-refractivity contribution in [1.82, 2.24) is 9.55 Å². The molecule has 1 heterocycles. The highest BCUT2D eigenvalue weighted by atomic mass is 32.2. The molecule has 11 heavy (non-hydrogen) atoms. The van der Waals surface area contributed by atoms with Crippen molar-refractivity contribution in [3.8, 4) is 0 Å². The number of thioether (sulfide) groups is 1. The van der Waals surface area contributed by atoms with Crippen molar-refractivity contribution < 1.29 is 5.11 Å². The van der Waals surface area contributed by atoms with Gasteiger partial charge in [-0.1, -0.05) is 18.7 Å². The second-order valence-electron chi connectivity index (χ2n) is 2.17. The molecule has 0 atom stereocenters. The van der Waals surface area contributed by atoms with E-state index in [-0.39, 0.29) is 6.73 Å². The zero-order valence-electron chi connectivity index (χ0n) is 6.53. The number of rotatable bonds is 4. The van der Waals surface area contributed by atoms with E-state index in [0.717, 1.165) is 17.3 Å². The predicted octanol–water partition coefficient (Wildman–Crippen LogP) is 1.33. The maximum absolute atomic E-state index is 8.82. The van der Waals surface area contributed by atoms with Gasteiger partial charge in [-0.15, -0.1) is 0 Å². The van der Waals surface area contributed by atoms with Crippen LogP contribution in [0.15, 0.2) is 17.6 Å². The normalized spacial score (nSPS) is 10.4. The molecule has 0 fully saturated rings. The molecule has 3 nitrogen and oxygen atoms in total. The summed E-state index contributed by atoms with van der Waals surface area (Å²) in [5.41, 5.74) is 0. The fraction of sp³-hybridized carbons (Fsp3) is 0.571. The Balaban J connectivity index is 2.54. The van der Waals surface area contributed by atoms with Crippen molar-refractivity contribution in [3.05, 3.63) is 12.4 Å². The summed E-state index contributed by atoms with van der Waals surface area (Å²) < 4.78 is 1.72. The van der Waals surface area contributed by atoms with Gasteiger partial charge >= 0.3 is 0 Å². The molecule has 0 spiro atoms. The number of aliphatic hydroxyl groups is 1. The van der Waals surface area contributed by atoms with E-state index >= 15 is 0 Å². The fourth-order valence-corrected chi connectivity index (χ4v) is 1.54. The van der Waals surface area contributed by atoms with E-state index in [2.05, 4.69) is 11.9 Å². The third-order valence-electron chi connectivity index (χ3n) is 1.26. The van der Waals surface area contributed by atoms with Crippen molar-refractivity contribution in [3.63, 3.8) is 0 Å². The number of aliphatic hydroxyl groups excluding tert-OH is 1. The van der Waals surface area contributed by atoms with E-state index in [9.17, 15) is 0 Å². The lowest BCUT2D eigenvalue weighted by Crippen LogP contribution is -1.96. The van der Waals surface area contributed by atoms with Crippen LogP contribution in [-0.2, 0) is 6.73 Å². The van der Waals surface area contributed by atoms with Gasteiger partial charge in [0.05, 0.1) is 0 Å². The van der Waals surface area contributed by atoms with Crippen LogP contribution in [0.5, 0.6) is 0 Å². The molecular weight excluding hydrogens is 160 g/mol. The Morgan fingerprint density at radius 1 is 1.73 bits per heavy atom. The van der Waals surface area contributed by atoms with E-state index in [0.29, 0.717) is 0 Å². The lowest BCUT2D eigenvalue weighted by Gasteiger charge is -2.00. The van der Waals surface area contributed by atoms with Crippen LogP contribution in [0.2, 0.25) is 0 Å². The van der Waals surface area contributed by atoms with Crippen molar-refractivity contribution in [2.24, 2.45) is 0 Å². The molecule has 0 aliphatic rings. The Kier molecular flexibility index (Phi) is 3.45. The first kappa shape index (κ1) is 8.62. The first-order chi connectivity index (χ1) is 5.38. The summed E-state index contributed by atoms with van der Waals surface area (Å²) in [7, 11) is 0. The Hall–Kier alpha value is -0.480. The standard InChI is InChI=1S/C7H12N2OS/c1-2-5-11-7-8-3-4-9(7)6-10/h3-4,10H,2,5-6H2,1H3. The summed E-state index contributed by atoms with van der Waals surface area (Å²) >= 11 is 1.67. The minimum absolute atomic E-state index is 0.0199. The van der Waals surface area contributed by atoms with E-state index in [4.69, 9.17) is 5.11 Å². The predicted molar refractivity (Wildman–Crippen MR) is 45.5 cm³/mol. The topological polar surface area (TPSA) is 38.0 Å². The first-order valence-corrected chi connectivity index (χ1v) is 4.61. The number of nitrogens with zero attached hydrogens (tertiary/aromatic N) is 2. The highest BCUT2D eigenvalue weighted by Gasteiger charge is 1.99. The highest BCUT2D eigenvalue weighted by molar-refractivity contribution is 7.99. The van der Waals surface area contributed by atoms with Crippen LogP contribution < -0.4 is 0 Å². The van der Waals surface area contributed by atoms with Gasteiger partial charge in [-0.05, 0) is 6.42 Å². The summed E-state index contributed by atoms with van der Waals surface area (Å²) in [4.78, 5) is 4.09. The molecule has 0 bridgehead atoms. The van der Waals surface area contributed by atoms with Crippen molar-refractivity contribution in [1.29, 1.82) is 0 Å². The molecule has 4 heteroatoms. The van der Waals surface area contributed by atoms with Crippen LogP contribution in [0, 0.1) is 0 Å². The molecule has 0 radical (unpaired) electrons. The number of imidazole rings is 1. The molecule has 1 aromatic heterocycles. The Bertz CT molecular complexity index is 212. The average molecular weight is 172 g/mol. The van der Waals surface area contributed by atoms with Crippen LogP contribution in [0.1, 0.15) is 13.3 Å².